The van der Waals surface area contributed by atoms with Gasteiger partial charge < -0.3 is 9.73 Å². The van der Waals surface area contributed by atoms with Crippen molar-refractivity contribution in [1.29, 1.82) is 0 Å². The molecule has 0 saturated heterocycles. The maximum Gasteiger partial charge on any atom is 0.212 e. The van der Waals surface area contributed by atoms with Crippen LogP contribution in [0.3, 0.4) is 0 Å². The van der Waals surface area contributed by atoms with Gasteiger partial charge in [0.1, 0.15) is 5.76 Å². The number of furan rings is 1. The van der Waals surface area contributed by atoms with Gasteiger partial charge in [0.2, 0.25) is 10.0 Å². The monoisotopic (exact) mass is 260 g/mol. The average molecular weight is 260 g/mol. The number of rotatable bonds is 9. The van der Waals surface area contributed by atoms with Crippen molar-refractivity contribution in [2.75, 3.05) is 18.8 Å². The Morgan fingerprint density at radius 2 is 2.18 bits per heavy atom. The lowest BCUT2D eigenvalue weighted by Gasteiger charge is -2.05. The van der Waals surface area contributed by atoms with E-state index in [0.717, 1.165) is 19.5 Å². The van der Waals surface area contributed by atoms with Gasteiger partial charge in [0.15, 0.2) is 0 Å². The van der Waals surface area contributed by atoms with Gasteiger partial charge in [-0.05, 0) is 38.1 Å². The highest BCUT2D eigenvalue weighted by Crippen LogP contribution is 2.01. The number of unbranched alkanes of at least 4 members (excludes halogenated alkanes) is 1. The summed E-state index contributed by atoms with van der Waals surface area (Å²) >= 11 is 0. The van der Waals surface area contributed by atoms with Crippen LogP contribution >= 0.6 is 0 Å². The lowest BCUT2D eigenvalue weighted by molar-refractivity contribution is 0.498. The minimum absolute atomic E-state index is 0.166. The molecule has 17 heavy (non-hydrogen) atoms. The van der Waals surface area contributed by atoms with Crippen molar-refractivity contribution < 1.29 is 12.8 Å². The first kappa shape index (κ1) is 14.2. The van der Waals surface area contributed by atoms with E-state index < -0.39 is 10.0 Å². The third kappa shape index (κ3) is 6.45. The molecule has 1 aromatic heterocycles. The maximum absolute atomic E-state index is 11.6. The van der Waals surface area contributed by atoms with Crippen molar-refractivity contribution >= 4 is 10.0 Å². The van der Waals surface area contributed by atoms with Gasteiger partial charge in [-0.15, -0.1) is 0 Å². The smallest absolute Gasteiger partial charge is 0.212 e. The van der Waals surface area contributed by atoms with E-state index in [0.29, 0.717) is 12.2 Å². The number of hydrogen-bond acceptors (Lipinski definition) is 4. The molecule has 0 spiro atoms. The van der Waals surface area contributed by atoms with E-state index in [4.69, 9.17) is 4.42 Å². The van der Waals surface area contributed by atoms with Crippen LogP contribution in [0.5, 0.6) is 0 Å². The highest BCUT2D eigenvalue weighted by molar-refractivity contribution is 7.89. The molecule has 1 heterocycles. The molecule has 2 N–H and O–H groups in total. The van der Waals surface area contributed by atoms with E-state index in [-0.39, 0.29) is 12.3 Å². The summed E-state index contributed by atoms with van der Waals surface area (Å²) in [7, 11) is -3.18. The van der Waals surface area contributed by atoms with E-state index in [1.807, 2.05) is 6.92 Å². The predicted molar refractivity (Wildman–Crippen MR) is 67.1 cm³/mol. The van der Waals surface area contributed by atoms with Gasteiger partial charge in [0.05, 0.1) is 18.6 Å². The molecule has 0 aliphatic carbocycles. The molecule has 0 aliphatic rings. The minimum Gasteiger partial charge on any atom is -0.468 e. The van der Waals surface area contributed by atoms with Gasteiger partial charge in [-0.2, -0.15) is 0 Å². The Bertz CT molecular complexity index is 387. The van der Waals surface area contributed by atoms with Gasteiger partial charge >= 0.3 is 0 Å². The first-order valence-electron chi connectivity index (χ1n) is 5.84. The predicted octanol–water partition coefficient (Wildman–Crippen LogP) is 1.09. The van der Waals surface area contributed by atoms with Crippen LogP contribution in [0, 0.1) is 0 Å². The van der Waals surface area contributed by atoms with Gasteiger partial charge in [0, 0.05) is 0 Å². The molecular formula is C11H20N2O3S. The molecule has 98 valence electrons. The van der Waals surface area contributed by atoms with Crippen LogP contribution in [0.15, 0.2) is 22.8 Å². The van der Waals surface area contributed by atoms with Crippen molar-refractivity contribution in [3.63, 3.8) is 0 Å². The highest BCUT2D eigenvalue weighted by atomic mass is 32.2. The third-order valence-electron chi connectivity index (χ3n) is 2.31. The molecule has 0 aliphatic heterocycles. The van der Waals surface area contributed by atoms with Gasteiger partial charge in [-0.1, -0.05) is 6.92 Å². The average Bonchev–Trinajstić information content (AvgIpc) is 2.79. The molecule has 0 radical (unpaired) electrons. The number of hydrogen-bond donors (Lipinski definition) is 2. The van der Waals surface area contributed by atoms with Crippen LogP contribution < -0.4 is 10.0 Å². The van der Waals surface area contributed by atoms with E-state index in [9.17, 15) is 8.42 Å². The van der Waals surface area contributed by atoms with Crippen molar-refractivity contribution in [2.45, 2.75) is 26.3 Å². The number of sulfonamides is 1. The first-order valence-corrected chi connectivity index (χ1v) is 7.49. The van der Waals surface area contributed by atoms with Crippen LogP contribution in [0.25, 0.3) is 0 Å². The highest BCUT2D eigenvalue weighted by Gasteiger charge is 2.09. The molecule has 0 bridgehead atoms. The SMILES string of the molecule is CCNCCCCS(=O)(=O)NCc1ccco1. The molecular weight excluding hydrogens is 240 g/mol. The topological polar surface area (TPSA) is 71.3 Å². The largest absolute Gasteiger partial charge is 0.468 e. The summed E-state index contributed by atoms with van der Waals surface area (Å²) in [5.74, 6) is 0.792. The molecule has 5 nitrogen and oxygen atoms in total. The minimum atomic E-state index is -3.18. The zero-order valence-corrected chi connectivity index (χ0v) is 10.9. The van der Waals surface area contributed by atoms with Crippen molar-refractivity contribution in [3.05, 3.63) is 24.2 Å². The van der Waals surface area contributed by atoms with Gasteiger partial charge in [-0.25, -0.2) is 13.1 Å². The zero-order valence-electron chi connectivity index (χ0n) is 10.1. The molecule has 0 atom stereocenters. The first-order chi connectivity index (χ1) is 8.14. The van der Waals surface area contributed by atoms with Crippen molar-refractivity contribution in [1.82, 2.24) is 10.0 Å². The second kappa shape index (κ2) is 7.47. The Labute approximate surface area is 103 Å². The summed E-state index contributed by atoms with van der Waals surface area (Å²) in [4.78, 5) is 0. The molecule has 0 amide bonds. The normalized spacial score (nSPS) is 11.8. The molecule has 1 aromatic rings. The van der Waals surface area contributed by atoms with Crippen LogP contribution in [-0.2, 0) is 16.6 Å². The second-order valence-electron chi connectivity index (χ2n) is 3.78. The summed E-state index contributed by atoms with van der Waals surface area (Å²) in [5, 5.41) is 3.16. The lowest BCUT2D eigenvalue weighted by Crippen LogP contribution is -2.26. The fraction of sp³-hybridized carbons (Fsp3) is 0.636. The Morgan fingerprint density at radius 3 is 2.82 bits per heavy atom. The van der Waals surface area contributed by atoms with Crippen LogP contribution in [0.1, 0.15) is 25.5 Å². The Morgan fingerprint density at radius 1 is 1.35 bits per heavy atom. The Kier molecular flexibility index (Phi) is 6.25. The number of nitrogens with one attached hydrogen (secondary N) is 2. The third-order valence-corrected chi connectivity index (χ3v) is 3.72. The summed E-state index contributed by atoms with van der Waals surface area (Å²) in [6.07, 6.45) is 3.07. The molecule has 1 rings (SSSR count). The summed E-state index contributed by atoms with van der Waals surface area (Å²) in [6, 6.07) is 3.48. The fourth-order valence-electron chi connectivity index (χ4n) is 1.39. The van der Waals surface area contributed by atoms with E-state index in [1.54, 1.807) is 12.1 Å². The van der Waals surface area contributed by atoms with Crippen molar-refractivity contribution in [2.24, 2.45) is 0 Å². The summed E-state index contributed by atoms with van der Waals surface area (Å²) in [5.41, 5.74) is 0. The van der Waals surface area contributed by atoms with E-state index >= 15 is 0 Å². The maximum atomic E-state index is 11.6. The molecule has 0 fully saturated rings. The van der Waals surface area contributed by atoms with Crippen LogP contribution in [0.2, 0.25) is 0 Å². The van der Waals surface area contributed by atoms with Crippen molar-refractivity contribution in [3.8, 4) is 0 Å². The van der Waals surface area contributed by atoms with Crippen LogP contribution in [0.4, 0.5) is 0 Å². The zero-order chi connectivity index (χ0) is 12.6. The second-order valence-corrected chi connectivity index (χ2v) is 5.71. The lowest BCUT2D eigenvalue weighted by atomic mass is 10.3. The molecule has 0 aromatic carbocycles. The van der Waals surface area contributed by atoms with Gasteiger partial charge in [-0.3, -0.25) is 0 Å². The van der Waals surface area contributed by atoms with Crippen LogP contribution in [-0.4, -0.2) is 27.3 Å². The molecule has 0 unspecified atom stereocenters. The molecule has 6 heteroatoms. The standard InChI is InChI=1S/C11H20N2O3S/c1-2-12-7-3-4-9-17(14,15)13-10-11-6-5-8-16-11/h5-6,8,12-13H,2-4,7,9-10H2,1H3. The summed E-state index contributed by atoms with van der Waals surface area (Å²) in [6.45, 7) is 4.04. The van der Waals surface area contributed by atoms with E-state index in [2.05, 4.69) is 10.0 Å². The Balaban J connectivity index is 2.17. The molecule has 0 saturated carbocycles. The summed E-state index contributed by atoms with van der Waals surface area (Å²) < 4.78 is 30.7. The quantitative estimate of drug-likeness (QED) is 0.652. The Hall–Kier alpha value is -0.850. The fourth-order valence-corrected chi connectivity index (χ4v) is 2.48. The van der Waals surface area contributed by atoms with E-state index in [1.165, 1.54) is 6.26 Å². The van der Waals surface area contributed by atoms with Gasteiger partial charge in [0.25, 0.3) is 0 Å².